The number of likely N-dealkylation sites (tertiary alicyclic amines) is 1. The summed E-state index contributed by atoms with van der Waals surface area (Å²) < 4.78 is 0. The SMILES string of the molecule is CCc1cc2ncc(CN3CC4CCC(C3)N4c3ccc(C(=O)NC)nc3)cc2[nH]c1=O. The standard InChI is InChI=1S/C24H28N6O2/c1-3-16-9-21-22(28-23(16)31)8-15(10-26-21)12-29-13-18-4-5-19(14-29)30(18)17-6-7-20(27-11-17)24(32)25-2/h6-11,18-19H,3-5,12-14H2,1-2H3,(H,25,32)(H,28,31). The number of fused-ring (bicyclic) bond motifs is 3. The summed E-state index contributed by atoms with van der Waals surface area (Å²) in [4.78, 5) is 40.8. The van der Waals surface area contributed by atoms with Gasteiger partial charge in [0.05, 0.1) is 22.9 Å². The highest BCUT2D eigenvalue weighted by atomic mass is 16.1. The van der Waals surface area contributed by atoms with E-state index < -0.39 is 0 Å². The minimum absolute atomic E-state index is 0.0262. The Morgan fingerprint density at radius 3 is 2.59 bits per heavy atom. The molecule has 3 aromatic rings. The van der Waals surface area contributed by atoms with Gasteiger partial charge in [-0.3, -0.25) is 19.5 Å². The molecule has 5 rings (SSSR count). The van der Waals surface area contributed by atoms with Gasteiger partial charge in [0.25, 0.3) is 11.5 Å². The molecule has 2 bridgehead atoms. The summed E-state index contributed by atoms with van der Waals surface area (Å²) >= 11 is 0. The fourth-order valence-electron chi connectivity index (χ4n) is 5.12. The van der Waals surface area contributed by atoms with Crippen molar-refractivity contribution in [1.29, 1.82) is 0 Å². The molecular formula is C24H28N6O2. The molecule has 8 nitrogen and oxygen atoms in total. The number of hydrogen-bond donors (Lipinski definition) is 2. The van der Waals surface area contributed by atoms with Crippen molar-refractivity contribution in [1.82, 2.24) is 25.2 Å². The number of amides is 1. The van der Waals surface area contributed by atoms with Crippen LogP contribution in [-0.4, -0.2) is 58.0 Å². The number of nitrogens with one attached hydrogen (secondary N) is 2. The molecule has 2 unspecified atom stereocenters. The van der Waals surface area contributed by atoms with E-state index in [4.69, 9.17) is 0 Å². The number of carbonyl (C=O) groups is 1. The maximum Gasteiger partial charge on any atom is 0.269 e. The van der Waals surface area contributed by atoms with Gasteiger partial charge in [0.2, 0.25) is 0 Å². The van der Waals surface area contributed by atoms with Crippen molar-refractivity contribution < 1.29 is 4.79 Å². The molecule has 2 N–H and O–H groups in total. The molecule has 32 heavy (non-hydrogen) atoms. The first kappa shape index (κ1) is 20.6. The van der Waals surface area contributed by atoms with Crippen LogP contribution in [0.4, 0.5) is 5.69 Å². The van der Waals surface area contributed by atoms with Gasteiger partial charge < -0.3 is 15.2 Å². The van der Waals surface area contributed by atoms with Crippen molar-refractivity contribution in [3.63, 3.8) is 0 Å². The molecule has 3 aromatic heterocycles. The van der Waals surface area contributed by atoms with Crippen molar-refractivity contribution in [2.75, 3.05) is 25.0 Å². The predicted octanol–water partition coefficient (Wildman–Crippen LogP) is 2.09. The fraction of sp³-hybridized carbons (Fsp3) is 0.417. The second kappa shape index (κ2) is 8.35. The molecule has 1 amide bonds. The molecule has 0 spiro atoms. The monoisotopic (exact) mass is 432 g/mol. The second-order valence-electron chi connectivity index (χ2n) is 8.72. The molecule has 5 heterocycles. The third-order valence-corrected chi connectivity index (χ3v) is 6.68. The molecule has 0 aromatic carbocycles. The molecule has 2 atom stereocenters. The van der Waals surface area contributed by atoms with Crippen molar-refractivity contribution in [3.05, 3.63) is 63.8 Å². The Balaban J connectivity index is 1.30. The van der Waals surface area contributed by atoms with Gasteiger partial charge in [-0.2, -0.15) is 0 Å². The van der Waals surface area contributed by atoms with E-state index in [2.05, 4.69) is 36.1 Å². The lowest BCUT2D eigenvalue weighted by atomic mass is 10.1. The van der Waals surface area contributed by atoms with Gasteiger partial charge in [-0.25, -0.2) is 4.98 Å². The number of hydrogen-bond acceptors (Lipinski definition) is 6. The molecule has 8 heteroatoms. The van der Waals surface area contributed by atoms with E-state index in [1.807, 2.05) is 31.5 Å². The van der Waals surface area contributed by atoms with Crippen LogP contribution in [0.2, 0.25) is 0 Å². The summed E-state index contributed by atoms with van der Waals surface area (Å²) in [5.41, 5.74) is 5.01. The van der Waals surface area contributed by atoms with E-state index in [-0.39, 0.29) is 11.5 Å². The number of pyridine rings is 3. The third-order valence-electron chi connectivity index (χ3n) is 6.68. The molecule has 0 aliphatic carbocycles. The average molecular weight is 433 g/mol. The summed E-state index contributed by atoms with van der Waals surface area (Å²) in [7, 11) is 1.61. The van der Waals surface area contributed by atoms with Crippen LogP contribution < -0.4 is 15.8 Å². The Bertz CT molecular complexity index is 1190. The van der Waals surface area contributed by atoms with Crippen LogP contribution in [0.25, 0.3) is 11.0 Å². The van der Waals surface area contributed by atoms with Gasteiger partial charge in [-0.1, -0.05) is 6.92 Å². The number of H-pyrrole nitrogens is 1. The zero-order chi connectivity index (χ0) is 22.2. The molecule has 0 radical (unpaired) electrons. The normalized spacial score (nSPS) is 20.6. The van der Waals surface area contributed by atoms with E-state index in [9.17, 15) is 9.59 Å². The highest BCUT2D eigenvalue weighted by Crippen LogP contribution is 2.35. The van der Waals surface area contributed by atoms with Crippen LogP contribution >= 0.6 is 0 Å². The third kappa shape index (κ3) is 3.75. The van der Waals surface area contributed by atoms with Crippen LogP contribution in [0.3, 0.4) is 0 Å². The van der Waals surface area contributed by atoms with Gasteiger partial charge in [0.15, 0.2) is 0 Å². The van der Waals surface area contributed by atoms with Crippen molar-refractivity contribution >= 4 is 22.6 Å². The van der Waals surface area contributed by atoms with Gasteiger partial charge >= 0.3 is 0 Å². The highest BCUT2D eigenvalue weighted by molar-refractivity contribution is 5.92. The number of carbonyl (C=O) groups excluding carboxylic acids is 1. The number of aromatic amines is 1. The molecule has 2 saturated heterocycles. The van der Waals surface area contributed by atoms with Crippen LogP contribution in [-0.2, 0) is 13.0 Å². The van der Waals surface area contributed by atoms with Crippen molar-refractivity contribution in [3.8, 4) is 0 Å². The molecule has 0 saturated carbocycles. The summed E-state index contributed by atoms with van der Waals surface area (Å²) in [6.45, 7) is 4.73. The second-order valence-corrected chi connectivity index (χ2v) is 8.72. The van der Waals surface area contributed by atoms with E-state index in [0.29, 0.717) is 24.2 Å². The Hall–Kier alpha value is -3.26. The van der Waals surface area contributed by atoms with Crippen molar-refractivity contribution in [2.45, 2.75) is 44.8 Å². The van der Waals surface area contributed by atoms with E-state index in [0.717, 1.165) is 60.3 Å². The summed E-state index contributed by atoms with van der Waals surface area (Å²) in [5.74, 6) is -0.166. The highest BCUT2D eigenvalue weighted by Gasteiger charge is 2.40. The topological polar surface area (TPSA) is 94.2 Å². The maximum atomic E-state index is 12.2. The first-order valence-corrected chi connectivity index (χ1v) is 11.3. The van der Waals surface area contributed by atoms with Crippen LogP contribution in [0, 0.1) is 0 Å². The Morgan fingerprint density at radius 2 is 1.94 bits per heavy atom. The minimum Gasteiger partial charge on any atom is -0.362 e. The van der Waals surface area contributed by atoms with Crippen molar-refractivity contribution in [2.24, 2.45) is 0 Å². The van der Waals surface area contributed by atoms with E-state index in [1.54, 1.807) is 13.1 Å². The summed E-state index contributed by atoms with van der Waals surface area (Å²) in [6, 6.07) is 8.61. The largest absolute Gasteiger partial charge is 0.362 e. The average Bonchev–Trinajstić information content (AvgIpc) is 3.08. The quantitative estimate of drug-likeness (QED) is 0.641. The zero-order valence-corrected chi connectivity index (χ0v) is 18.5. The van der Waals surface area contributed by atoms with Gasteiger partial charge in [0.1, 0.15) is 5.69 Å². The fourth-order valence-corrected chi connectivity index (χ4v) is 5.12. The number of piperazine rings is 1. The first-order valence-electron chi connectivity index (χ1n) is 11.3. The molecule has 2 aliphatic rings. The number of anilines is 1. The molecule has 2 fully saturated rings. The molecular weight excluding hydrogens is 404 g/mol. The maximum absolute atomic E-state index is 12.2. The van der Waals surface area contributed by atoms with E-state index >= 15 is 0 Å². The smallest absolute Gasteiger partial charge is 0.269 e. The number of aromatic nitrogens is 3. The Labute approximate surface area is 186 Å². The van der Waals surface area contributed by atoms with Gasteiger partial charge in [0, 0.05) is 50.5 Å². The summed E-state index contributed by atoms with van der Waals surface area (Å²) in [6.07, 6.45) is 6.75. The van der Waals surface area contributed by atoms with Gasteiger partial charge in [-0.15, -0.1) is 0 Å². The summed E-state index contributed by atoms with van der Waals surface area (Å²) in [5, 5.41) is 2.61. The van der Waals surface area contributed by atoms with Gasteiger partial charge in [-0.05, 0) is 49.1 Å². The van der Waals surface area contributed by atoms with Crippen LogP contribution in [0.5, 0.6) is 0 Å². The number of nitrogens with zero attached hydrogens (tertiary/aromatic N) is 4. The zero-order valence-electron chi connectivity index (χ0n) is 18.5. The van der Waals surface area contributed by atoms with Crippen LogP contribution in [0.1, 0.15) is 41.4 Å². The molecule has 166 valence electrons. The minimum atomic E-state index is -0.166. The lowest BCUT2D eigenvalue weighted by Crippen LogP contribution is -2.53. The molecule has 2 aliphatic heterocycles. The number of aryl methyl sites for hydroxylation is 1. The van der Waals surface area contributed by atoms with Crippen LogP contribution in [0.15, 0.2) is 41.5 Å². The van der Waals surface area contributed by atoms with E-state index in [1.165, 1.54) is 0 Å². The lowest BCUT2D eigenvalue weighted by Gasteiger charge is -2.42. The predicted molar refractivity (Wildman–Crippen MR) is 124 cm³/mol. The lowest BCUT2D eigenvalue weighted by molar-refractivity contribution is 0.0958. The Morgan fingerprint density at radius 1 is 1.16 bits per heavy atom. The Kier molecular flexibility index (Phi) is 5.38. The first-order chi connectivity index (χ1) is 15.6. The number of rotatable bonds is 5.